The van der Waals surface area contributed by atoms with Crippen LogP contribution in [0.1, 0.15) is 57.3 Å². The van der Waals surface area contributed by atoms with E-state index in [0.29, 0.717) is 54.5 Å². The largest absolute Gasteiger partial charge is 0.492 e. The average molecular weight is 615 g/mol. The normalized spacial score (nSPS) is 15.4. The van der Waals surface area contributed by atoms with Gasteiger partial charge in [-0.3, -0.25) is 0 Å². The molecule has 2 aromatic heterocycles. The number of hydrogen-bond donors (Lipinski definition) is 0. The third-order valence-electron chi connectivity index (χ3n) is 8.75. The number of rotatable bonds is 7. The molecule has 5 aromatic rings. The van der Waals surface area contributed by atoms with Crippen molar-refractivity contribution in [1.29, 1.82) is 5.26 Å². The maximum atomic E-state index is 12.6. The average Bonchev–Trinajstić information content (AvgIpc) is 3.41. The van der Waals surface area contributed by atoms with E-state index in [-0.39, 0.29) is 6.10 Å². The summed E-state index contributed by atoms with van der Waals surface area (Å²) in [4.78, 5) is 22.5. The van der Waals surface area contributed by atoms with E-state index in [1.54, 1.807) is 6.07 Å². The Balaban J connectivity index is 1.34. The quantitative estimate of drug-likeness (QED) is 0.199. The van der Waals surface area contributed by atoms with Crippen LogP contribution in [0.3, 0.4) is 0 Å². The van der Waals surface area contributed by atoms with Gasteiger partial charge in [0, 0.05) is 24.7 Å². The summed E-state index contributed by atoms with van der Waals surface area (Å²) in [5, 5.41) is 9.60. The lowest BCUT2D eigenvalue weighted by Gasteiger charge is -2.27. The first-order chi connectivity index (χ1) is 22.5. The second kappa shape index (κ2) is 12.7. The third kappa shape index (κ3) is 5.80. The number of benzene rings is 3. The topological polar surface area (TPSA) is 108 Å². The van der Waals surface area contributed by atoms with E-state index in [4.69, 9.17) is 28.9 Å². The summed E-state index contributed by atoms with van der Waals surface area (Å²) in [7, 11) is 1.38. The first-order valence-electron chi connectivity index (χ1n) is 15.6. The van der Waals surface area contributed by atoms with Crippen LogP contribution in [0.4, 0.5) is 0 Å². The fourth-order valence-corrected chi connectivity index (χ4v) is 6.22. The highest BCUT2D eigenvalue weighted by molar-refractivity contribution is 5.96. The zero-order valence-electron chi connectivity index (χ0n) is 25.9. The maximum Gasteiger partial charge on any atom is 0.338 e. The minimum absolute atomic E-state index is 0.0762. The van der Waals surface area contributed by atoms with Gasteiger partial charge in [0.2, 0.25) is 5.88 Å². The maximum absolute atomic E-state index is 12.6. The molecule has 46 heavy (non-hydrogen) atoms. The van der Waals surface area contributed by atoms with E-state index in [0.717, 1.165) is 65.2 Å². The molecule has 0 N–H and O–H groups in total. The zero-order chi connectivity index (χ0) is 31.6. The predicted molar refractivity (Wildman–Crippen MR) is 172 cm³/mol. The number of nitriles is 1. The molecule has 1 atom stereocenters. The second-order valence-electron chi connectivity index (χ2n) is 11.6. The van der Waals surface area contributed by atoms with Gasteiger partial charge in [-0.05, 0) is 84.8 Å². The SMILES string of the molecule is CCOc1cc(C(=O)OC)cc2c1nc(Cc1ccc3cc1CCc1cc(C#N)ccc1COc1cccc-3n1)n2C[C@@H]1CCO1. The van der Waals surface area contributed by atoms with Crippen LogP contribution in [0.5, 0.6) is 11.6 Å². The highest BCUT2D eigenvalue weighted by Gasteiger charge is 2.25. The number of nitrogens with zero attached hydrogens (tertiary/aromatic N) is 4. The number of ether oxygens (including phenoxy) is 4. The van der Waals surface area contributed by atoms with E-state index in [1.165, 1.54) is 12.7 Å². The Morgan fingerprint density at radius 1 is 1.04 bits per heavy atom. The Morgan fingerprint density at radius 3 is 2.70 bits per heavy atom. The molecule has 2 aliphatic rings. The van der Waals surface area contributed by atoms with Crippen LogP contribution in [0, 0.1) is 11.3 Å². The fraction of sp³-hybridized carbons (Fsp3) is 0.297. The van der Waals surface area contributed by atoms with Gasteiger partial charge in [-0.15, -0.1) is 0 Å². The van der Waals surface area contributed by atoms with Gasteiger partial charge < -0.3 is 23.5 Å². The number of aromatic nitrogens is 3. The van der Waals surface area contributed by atoms with Crippen LogP contribution in [0.25, 0.3) is 22.3 Å². The highest BCUT2D eigenvalue weighted by atomic mass is 16.5. The van der Waals surface area contributed by atoms with E-state index in [9.17, 15) is 10.1 Å². The van der Waals surface area contributed by atoms with Gasteiger partial charge in [0.25, 0.3) is 0 Å². The Kier molecular flexibility index (Phi) is 8.12. The van der Waals surface area contributed by atoms with E-state index < -0.39 is 5.97 Å². The molecule has 0 radical (unpaired) electrons. The smallest absolute Gasteiger partial charge is 0.338 e. The van der Waals surface area contributed by atoms with Crippen molar-refractivity contribution in [3.05, 3.63) is 106 Å². The van der Waals surface area contributed by atoms with Crippen molar-refractivity contribution in [2.45, 2.75) is 51.9 Å². The van der Waals surface area contributed by atoms with Crippen LogP contribution in [-0.2, 0) is 41.9 Å². The summed E-state index contributed by atoms with van der Waals surface area (Å²) in [6, 6.07) is 23.9. The molecular weight excluding hydrogens is 580 g/mol. The van der Waals surface area contributed by atoms with Gasteiger partial charge in [0.05, 0.1) is 54.8 Å². The molecule has 1 saturated heterocycles. The summed E-state index contributed by atoms with van der Waals surface area (Å²) >= 11 is 0. The van der Waals surface area contributed by atoms with Gasteiger partial charge in [-0.1, -0.05) is 24.3 Å². The summed E-state index contributed by atoms with van der Waals surface area (Å²) in [5.41, 5.74) is 8.87. The van der Waals surface area contributed by atoms with Gasteiger partial charge >= 0.3 is 5.97 Å². The van der Waals surface area contributed by atoms with E-state index in [1.807, 2.05) is 49.4 Å². The van der Waals surface area contributed by atoms with Crippen LogP contribution in [-0.4, -0.2) is 46.9 Å². The molecule has 1 fully saturated rings. The molecule has 3 aromatic carbocycles. The van der Waals surface area contributed by atoms with Gasteiger partial charge in [-0.2, -0.15) is 5.26 Å². The van der Waals surface area contributed by atoms with Crippen LogP contribution in [0.2, 0.25) is 0 Å². The molecule has 9 nitrogen and oxygen atoms in total. The molecule has 0 aliphatic carbocycles. The number of aryl methyl sites for hydroxylation is 2. The summed E-state index contributed by atoms with van der Waals surface area (Å²) in [6.45, 7) is 4.09. The monoisotopic (exact) mass is 614 g/mol. The molecule has 4 bridgehead atoms. The molecule has 2 aliphatic heterocycles. The number of methoxy groups -OCH3 is 1. The Labute approximate surface area is 267 Å². The zero-order valence-corrected chi connectivity index (χ0v) is 25.9. The number of carbonyl (C=O) groups is 1. The van der Waals surface area contributed by atoms with Crippen molar-refractivity contribution < 1.29 is 23.7 Å². The minimum Gasteiger partial charge on any atom is -0.492 e. The number of hydrogen-bond acceptors (Lipinski definition) is 8. The number of imidazole rings is 1. The van der Waals surface area contributed by atoms with Crippen LogP contribution in [0.15, 0.2) is 66.7 Å². The Morgan fingerprint density at radius 2 is 1.91 bits per heavy atom. The first-order valence-corrected chi connectivity index (χ1v) is 15.6. The van der Waals surface area contributed by atoms with Gasteiger partial charge in [0.15, 0.2) is 0 Å². The second-order valence-corrected chi connectivity index (χ2v) is 11.6. The Hall–Kier alpha value is -5.20. The predicted octanol–water partition coefficient (Wildman–Crippen LogP) is 6.21. The summed E-state index contributed by atoms with van der Waals surface area (Å²) < 4.78 is 25.1. The lowest BCUT2D eigenvalue weighted by atomic mass is 9.92. The van der Waals surface area contributed by atoms with E-state index in [2.05, 4.69) is 28.8 Å². The summed E-state index contributed by atoms with van der Waals surface area (Å²) in [5.74, 6) is 1.55. The molecule has 7 rings (SSSR count). The van der Waals surface area contributed by atoms with Crippen LogP contribution >= 0.6 is 0 Å². The number of pyridine rings is 1. The molecule has 0 amide bonds. The van der Waals surface area contributed by atoms with Crippen LogP contribution < -0.4 is 9.47 Å². The lowest BCUT2D eigenvalue weighted by molar-refractivity contribution is -0.0589. The molecule has 232 valence electrons. The third-order valence-corrected chi connectivity index (χ3v) is 8.75. The van der Waals surface area contributed by atoms with Crippen molar-refractivity contribution in [2.24, 2.45) is 0 Å². The molecular formula is C37H34N4O5. The van der Waals surface area contributed by atoms with Crippen molar-refractivity contribution >= 4 is 17.0 Å². The van der Waals surface area contributed by atoms with Crippen molar-refractivity contribution in [1.82, 2.24) is 14.5 Å². The van der Waals surface area contributed by atoms with Crippen molar-refractivity contribution in [3.63, 3.8) is 0 Å². The Bertz CT molecular complexity index is 1990. The molecule has 0 unspecified atom stereocenters. The van der Waals surface area contributed by atoms with Gasteiger partial charge in [-0.25, -0.2) is 14.8 Å². The fourth-order valence-electron chi connectivity index (χ4n) is 6.22. The highest BCUT2D eigenvalue weighted by Crippen LogP contribution is 2.33. The summed E-state index contributed by atoms with van der Waals surface area (Å²) in [6.07, 6.45) is 3.11. The number of fused-ring (bicyclic) bond motifs is 7. The van der Waals surface area contributed by atoms with Gasteiger partial charge in [0.1, 0.15) is 23.7 Å². The lowest BCUT2D eigenvalue weighted by Crippen LogP contribution is -2.31. The first kappa shape index (κ1) is 29.5. The molecule has 9 heteroatoms. The van der Waals surface area contributed by atoms with Crippen molar-refractivity contribution in [3.8, 4) is 29.0 Å². The van der Waals surface area contributed by atoms with Crippen molar-refractivity contribution in [2.75, 3.05) is 20.3 Å². The molecule has 0 saturated carbocycles. The van der Waals surface area contributed by atoms with E-state index >= 15 is 0 Å². The standard InChI is InChI=1S/C37H34N4O5/c1-3-44-33-18-29(37(42)43-2)17-32-36(33)40-34(41(32)21-30-13-14-45-30)19-26-11-12-27-16-25(26)10-9-24-15-23(20-38)7-8-28(24)22-46-35-6-4-5-31(27)39-35/h4-8,11-12,15-18,30H,3,9-10,13-14,19,21-22H2,1-2H3/t30-/m0/s1. The minimum atomic E-state index is -0.425. The molecule has 0 spiro atoms. The number of carbonyl (C=O) groups excluding carboxylic acids is 1. The number of esters is 1. The molecule has 4 heterocycles.